The van der Waals surface area contributed by atoms with E-state index in [0.29, 0.717) is 6.10 Å². The Hall–Kier alpha value is -0.760. The number of aryl methyl sites for hydroxylation is 2. The number of hydrogen-bond donors (Lipinski definition) is 0. The molecular formula is C8H10O2. The molecule has 0 saturated carbocycles. The molecule has 1 fully saturated rings. The molecule has 0 N–H and O–H groups in total. The first-order chi connectivity index (χ1) is 4.77. The third-order valence-corrected chi connectivity index (χ3v) is 1.76. The first-order valence-corrected chi connectivity index (χ1v) is 3.46. The van der Waals surface area contributed by atoms with Crippen LogP contribution in [0.3, 0.4) is 0 Å². The van der Waals surface area contributed by atoms with Crippen molar-refractivity contribution >= 4 is 0 Å². The van der Waals surface area contributed by atoms with E-state index in [2.05, 4.69) is 0 Å². The van der Waals surface area contributed by atoms with Crippen molar-refractivity contribution in [3.8, 4) is 0 Å². The third kappa shape index (κ3) is 0.847. The Morgan fingerprint density at radius 1 is 1.50 bits per heavy atom. The lowest BCUT2D eigenvalue weighted by molar-refractivity contribution is 0.410. The highest BCUT2D eigenvalue weighted by Crippen LogP contribution is 2.33. The van der Waals surface area contributed by atoms with Crippen LogP contribution in [-0.4, -0.2) is 6.61 Å². The Labute approximate surface area is 59.8 Å². The van der Waals surface area contributed by atoms with E-state index in [1.165, 1.54) is 5.56 Å². The number of epoxide rings is 1. The molecule has 1 aliphatic heterocycles. The molecule has 0 spiro atoms. The smallest absolute Gasteiger partial charge is 0.109 e. The minimum Gasteiger partial charge on any atom is -0.466 e. The van der Waals surface area contributed by atoms with E-state index in [1.807, 2.05) is 19.9 Å². The van der Waals surface area contributed by atoms with E-state index < -0.39 is 0 Å². The highest BCUT2D eigenvalue weighted by atomic mass is 16.6. The average molecular weight is 138 g/mol. The van der Waals surface area contributed by atoms with Gasteiger partial charge in [0.2, 0.25) is 0 Å². The number of rotatable bonds is 1. The van der Waals surface area contributed by atoms with Crippen molar-refractivity contribution in [2.45, 2.75) is 20.0 Å². The molecule has 54 valence electrons. The monoisotopic (exact) mass is 138 g/mol. The fraction of sp³-hybridized carbons (Fsp3) is 0.500. The molecule has 0 aromatic carbocycles. The molecular weight excluding hydrogens is 128 g/mol. The van der Waals surface area contributed by atoms with Gasteiger partial charge in [0.1, 0.15) is 17.6 Å². The molecule has 2 nitrogen and oxygen atoms in total. The second-order valence-electron chi connectivity index (χ2n) is 2.69. The molecule has 2 heterocycles. The SMILES string of the molecule is Cc1cc([C@H]2CO2)c(C)o1. The normalized spacial score (nSPS) is 23.2. The minimum absolute atomic E-state index is 0.331. The highest BCUT2D eigenvalue weighted by molar-refractivity contribution is 5.25. The second-order valence-corrected chi connectivity index (χ2v) is 2.69. The summed E-state index contributed by atoms with van der Waals surface area (Å²) in [7, 11) is 0. The van der Waals surface area contributed by atoms with Crippen molar-refractivity contribution in [3.63, 3.8) is 0 Å². The van der Waals surface area contributed by atoms with Gasteiger partial charge in [-0.3, -0.25) is 0 Å². The maximum Gasteiger partial charge on any atom is 0.109 e. The van der Waals surface area contributed by atoms with Crippen LogP contribution in [0, 0.1) is 13.8 Å². The van der Waals surface area contributed by atoms with Gasteiger partial charge in [0, 0.05) is 5.56 Å². The second kappa shape index (κ2) is 1.86. The van der Waals surface area contributed by atoms with Crippen LogP contribution < -0.4 is 0 Å². The van der Waals surface area contributed by atoms with Crippen LogP contribution >= 0.6 is 0 Å². The third-order valence-electron chi connectivity index (χ3n) is 1.76. The topological polar surface area (TPSA) is 25.7 Å². The van der Waals surface area contributed by atoms with E-state index in [0.717, 1.165) is 18.1 Å². The van der Waals surface area contributed by atoms with Gasteiger partial charge in [-0.15, -0.1) is 0 Å². The van der Waals surface area contributed by atoms with Crippen molar-refractivity contribution in [2.75, 3.05) is 6.61 Å². The summed E-state index contributed by atoms with van der Waals surface area (Å²) in [5.41, 5.74) is 1.22. The molecule has 0 aliphatic carbocycles. The largest absolute Gasteiger partial charge is 0.466 e. The summed E-state index contributed by atoms with van der Waals surface area (Å²) in [6, 6.07) is 2.05. The number of furan rings is 1. The van der Waals surface area contributed by atoms with Gasteiger partial charge in [-0.25, -0.2) is 0 Å². The van der Waals surface area contributed by atoms with Crippen LogP contribution in [0.5, 0.6) is 0 Å². The Bertz CT molecular complexity index is 246. The first-order valence-electron chi connectivity index (χ1n) is 3.46. The van der Waals surface area contributed by atoms with Gasteiger partial charge in [-0.2, -0.15) is 0 Å². The average Bonchev–Trinajstić information content (AvgIpc) is 2.61. The van der Waals surface area contributed by atoms with Gasteiger partial charge < -0.3 is 9.15 Å². The lowest BCUT2D eigenvalue weighted by Gasteiger charge is -1.86. The summed E-state index contributed by atoms with van der Waals surface area (Å²) in [5.74, 6) is 1.98. The predicted molar refractivity (Wildman–Crippen MR) is 36.9 cm³/mol. The van der Waals surface area contributed by atoms with E-state index in [9.17, 15) is 0 Å². The zero-order chi connectivity index (χ0) is 7.14. The van der Waals surface area contributed by atoms with Crippen LogP contribution in [0.4, 0.5) is 0 Å². The zero-order valence-corrected chi connectivity index (χ0v) is 6.18. The molecule has 0 radical (unpaired) electrons. The summed E-state index contributed by atoms with van der Waals surface area (Å²) in [6.07, 6.45) is 0.331. The number of hydrogen-bond acceptors (Lipinski definition) is 2. The van der Waals surface area contributed by atoms with Crippen LogP contribution in [0.1, 0.15) is 23.2 Å². The molecule has 1 aromatic heterocycles. The zero-order valence-electron chi connectivity index (χ0n) is 6.18. The van der Waals surface area contributed by atoms with Crippen molar-refractivity contribution in [3.05, 3.63) is 23.2 Å². The fourth-order valence-corrected chi connectivity index (χ4v) is 1.20. The Morgan fingerprint density at radius 3 is 2.60 bits per heavy atom. The quantitative estimate of drug-likeness (QED) is 0.554. The Morgan fingerprint density at radius 2 is 2.20 bits per heavy atom. The summed E-state index contributed by atoms with van der Waals surface area (Å²) in [5, 5.41) is 0. The van der Waals surface area contributed by atoms with Gasteiger partial charge >= 0.3 is 0 Å². The summed E-state index contributed by atoms with van der Waals surface area (Å²) in [6.45, 7) is 4.79. The van der Waals surface area contributed by atoms with Gasteiger partial charge in [0.25, 0.3) is 0 Å². The Balaban J connectivity index is 2.38. The molecule has 0 bridgehead atoms. The standard InChI is InChI=1S/C8H10O2/c1-5-3-7(6(2)10-5)8-4-9-8/h3,8H,4H2,1-2H3/t8-/m1/s1. The van der Waals surface area contributed by atoms with Gasteiger partial charge in [0.15, 0.2) is 0 Å². The van der Waals surface area contributed by atoms with Crippen LogP contribution in [-0.2, 0) is 4.74 Å². The summed E-state index contributed by atoms with van der Waals surface area (Å²) < 4.78 is 10.5. The lowest BCUT2D eigenvalue weighted by atomic mass is 10.2. The number of ether oxygens (including phenoxy) is 1. The molecule has 1 aromatic rings. The van der Waals surface area contributed by atoms with Gasteiger partial charge in [0.05, 0.1) is 6.61 Å². The highest BCUT2D eigenvalue weighted by Gasteiger charge is 2.28. The molecule has 0 unspecified atom stereocenters. The maximum absolute atomic E-state index is 5.34. The predicted octanol–water partition coefficient (Wildman–Crippen LogP) is 1.97. The van der Waals surface area contributed by atoms with E-state index >= 15 is 0 Å². The van der Waals surface area contributed by atoms with Crippen LogP contribution in [0.25, 0.3) is 0 Å². The van der Waals surface area contributed by atoms with Gasteiger partial charge in [-0.05, 0) is 19.9 Å². The molecule has 1 atom stereocenters. The van der Waals surface area contributed by atoms with E-state index in [4.69, 9.17) is 9.15 Å². The summed E-state index contributed by atoms with van der Waals surface area (Å²) >= 11 is 0. The molecule has 10 heavy (non-hydrogen) atoms. The molecule has 1 aliphatic rings. The minimum atomic E-state index is 0.331. The molecule has 2 rings (SSSR count). The molecule has 2 heteroatoms. The van der Waals surface area contributed by atoms with E-state index in [-0.39, 0.29) is 0 Å². The van der Waals surface area contributed by atoms with Crippen molar-refractivity contribution in [1.82, 2.24) is 0 Å². The van der Waals surface area contributed by atoms with Crippen molar-refractivity contribution < 1.29 is 9.15 Å². The molecule has 0 amide bonds. The Kier molecular flexibility index (Phi) is 1.11. The van der Waals surface area contributed by atoms with E-state index in [1.54, 1.807) is 0 Å². The summed E-state index contributed by atoms with van der Waals surface area (Å²) in [4.78, 5) is 0. The van der Waals surface area contributed by atoms with Crippen molar-refractivity contribution in [2.24, 2.45) is 0 Å². The van der Waals surface area contributed by atoms with Crippen molar-refractivity contribution in [1.29, 1.82) is 0 Å². The molecule has 1 saturated heterocycles. The first kappa shape index (κ1) is 5.98. The van der Waals surface area contributed by atoms with Crippen LogP contribution in [0.15, 0.2) is 10.5 Å². The van der Waals surface area contributed by atoms with Crippen LogP contribution in [0.2, 0.25) is 0 Å². The van der Waals surface area contributed by atoms with Gasteiger partial charge in [-0.1, -0.05) is 0 Å². The fourth-order valence-electron chi connectivity index (χ4n) is 1.20. The lowest BCUT2D eigenvalue weighted by Crippen LogP contribution is -1.77. The maximum atomic E-state index is 5.34.